The number of rotatable bonds is 3. The summed E-state index contributed by atoms with van der Waals surface area (Å²) in [6.45, 7) is 5.21. The molecule has 1 amide bonds. The summed E-state index contributed by atoms with van der Waals surface area (Å²) in [6.07, 6.45) is 2.22. The van der Waals surface area contributed by atoms with Crippen molar-refractivity contribution in [3.05, 3.63) is 46.3 Å². The molecule has 1 aromatic heterocycles. The number of piperidine rings is 1. The summed E-state index contributed by atoms with van der Waals surface area (Å²) < 4.78 is 1.36. The Morgan fingerprint density at radius 1 is 1.42 bits per heavy atom. The average molecular weight is 381 g/mol. The van der Waals surface area contributed by atoms with Crippen molar-refractivity contribution in [2.24, 2.45) is 11.1 Å². The monoisotopic (exact) mass is 380 g/mol. The number of carbonyl (C=O) groups excluding carboxylic acids is 1. The highest BCUT2D eigenvalue weighted by molar-refractivity contribution is 5.92. The van der Waals surface area contributed by atoms with Crippen molar-refractivity contribution in [1.82, 2.24) is 19.9 Å². The lowest BCUT2D eigenvalue weighted by molar-refractivity contribution is -0.384. The Morgan fingerprint density at radius 3 is 2.81 bits per heavy atom. The molecule has 2 aromatic rings. The number of aromatic nitrogens is 3. The first-order valence-electron chi connectivity index (χ1n) is 8.00. The molecule has 2 N–H and O–H groups in total. The molecule has 1 saturated heterocycles. The van der Waals surface area contributed by atoms with Crippen LogP contribution in [-0.2, 0) is 0 Å². The molecule has 2 heterocycles. The Kier molecular flexibility index (Phi) is 5.62. The first-order chi connectivity index (χ1) is 11.8. The Balaban J connectivity index is 0.00000243. The minimum absolute atomic E-state index is 0. The van der Waals surface area contributed by atoms with Crippen LogP contribution >= 0.6 is 12.4 Å². The molecule has 1 unspecified atom stereocenters. The molecule has 26 heavy (non-hydrogen) atoms. The van der Waals surface area contributed by atoms with Gasteiger partial charge in [0.05, 0.1) is 16.8 Å². The van der Waals surface area contributed by atoms with Crippen LogP contribution in [0.1, 0.15) is 30.8 Å². The van der Waals surface area contributed by atoms with E-state index < -0.39 is 4.92 Å². The zero-order valence-corrected chi connectivity index (χ0v) is 15.3. The van der Waals surface area contributed by atoms with E-state index in [1.807, 2.05) is 13.8 Å². The summed E-state index contributed by atoms with van der Waals surface area (Å²) in [5, 5.41) is 18.7. The van der Waals surface area contributed by atoms with Crippen LogP contribution < -0.4 is 5.73 Å². The van der Waals surface area contributed by atoms with Gasteiger partial charge in [-0.3, -0.25) is 14.9 Å². The SMILES string of the molecule is CC1(C)CN(C(=O)c2cn(-c3cccc([N+](=O)[O-])c3)nn2)CCC1N.Cl. The first-order valence-corrected chi connectivity index (χ1v) is 8.00. The molecule has 1 fully saturated rings. The van der Waals surface area contributed by atoms with Gasteiger partial charge in [-0.1, -0.05) is 25.1 Å². The van der Waals surface area contributed by atoms with Gasteiger partial charge in [0.2, 0.25) is 0 Å². The van der Waals surface area contributed by atoms with Gasteiger partial charge >= 0.3 is 0 Å². The Labute approximate surface area is 156 Å². The van der Waals surface area contributed by atoms with Gasteiger partial charge in [-0.2, -0.15) is 0 Å². The quantitative estimate of drug-likeness (QED) is 0.640. The van der Waals surface area contributed by atoms with Crippen LogP contribution in [0.4, 0.5) is 5.69 Å². The minimum atomic E-state index is -0.481. The van der Waals surface area contributed by atoms with Crippen LogP contribution in [0, 0.1) is 15.5 Å². The third-order valence-corrected chi connectivity index (χ3v) is 4.62. The number of amides is 1. The zero-order chi connectivity index (χ0) is 18.2. The molecule has 0 bridgehead atoms. The molecular weight excluding hydrogens is 360 g/mol. The van der Waals surface area contributed by atoms with Gasteiger partial charge in [0.15, 0.2) is 5.69 Å². The zero-order valence-electron chi connectivity index (χ0n) is 14.5. The minimum Gasteiger partial charge on any atom is -0.337 e. The molecule has 1 aliphatic heterocycles. The number of nitro groups is 1. The normalized spacial score (nSPS) is 18.9. The third kappa shape index (κ3) is 3.83. The van der Waals surface area contributed by atoms with Crippen molar-refractivity contribution >= 4 is 24.0 Å². The molecule has 0 spiro atoms. The summed E-state index contributed by atoms with van der Waals surface area (Å²) in [4.78, 5) is 24.8. The van der Waals surface area contributed by atoms with E-state index >= 15 is 0 Å². The predicted octanol–water partition coefficient (Wildman–Crippen LogP) is 1.80. The smallest absolute Gasteiger partial charge is 0.276 e. The van der Waals surface area contributed by atoms with Crippen LogP contribution in [0.3, 0.4) is 0 Å². The highest BCUT2D eigenvalue weighted by Gasteiger charge is 2.36. The fourth-order valence-corrected chi connectivity index (χ4v) is 2.95. The number of likely N-dealkylation sites (tertiary alicyclic amines) is 1. The van der Waals surface area contributed by atoms with Crippen molar-refractivity contribution in [1.29, 1.82) is 0 Å². The number of hydrogen-bond donors (Lipinski definition) is 1. The molecular formula is C16H21ClN6O3. The van der Waals surface area contributed by atoms with E-state index in [9.17, 15) is 14.9 Å². The van der Waals surface area contributed by atoms with Crippen LogP contribution in [0.5, 0.6) is 0 Å². The molecule has 140 valence electrons. The van der Waals surface area contributed by atoms with Crippen molar-refractivity contribution in [3.63, 3.8) is 0 Å². The van der Waals surface area contributed by atoms with Gasteiger partial charge in [0.1, 0.15) is 0 Å². The van der Waals surface area contributed by atoms with Gasteiger partial charge in [-0.15, -0.1) is 17.5 Å². The van der Waals surface area contributed by atoms with Crippen LogP contribution in [-0.4, -0.2) is 49.9 Å². The van der Waals surface area contributed by atoms with E-state index in [2.05, 4.69) is 10.3 Å². The van der Waals surface area contributed by atoms with Gasteiger partial charge < -0.3 is 10.6 Å². The largest absolute Gasteiger partial charge is 0.337 e. The molecule has 0 aliphatic carbocycles. The van der Waals surface area contributed by atoms with Gasteiger partial charge in [-0.05, 0) is 17.9 Å². The summed E-state index contributed by atoms with van der Waals surface area (Å²) in [5.41, 5.74) is 6.58. The van der Waals surface area contributed by atoms with E-state index in [0.29, 0.717) is 18.8 Å². The molecule has 3 rings (SSSR count). The molecule has 1 aromatic carbocycles. The van der Waals surface area contributed by atoms with E-state index in [1.165, 1.54) is 23.0 Å². The van der Waals surface area contributed by atoms with E-state index in [-0.39, 0.29) is 41.2 Å². The lowest BCUT2D eigenvalue weighted by atomic mass is 9.79. The fraction of sp³-hybridized carbons (Fsp3) is 0.438. The molecule has 0 radical (unpaired) electrons. The number of benzene rings is 1. The topological polar surface area (TPSA) is 120 Å². The number of halogens is 1. The number of nitrogens with two attached hydrogens (primary N) is 1. The van der Waals surface area contributed by atoms with Crippen molar-refractivity contribution < 1.29 is 9.72 Å². The van der Waals surface area contributed by atoms with Crippen LogP contribution in [0.25, 0.3) is 5.69 Å². The maximum absolute atomic E-state index is 12.7. The Bertz CT molecular complexity index is 822. The van der Waals surface area contributed by atoms with Crippen molar-refractivity contribution in [2.45, 2.75) is 26.3 Å². The molecule has 10 heteroatoms. The van der Waals surface area contributed by atoms with Crippen molar-refractivity contribution in [3.8, 4) is 5.69 Å². The average Bonchev–Trinajstić information content (AvgIpc) is 3.06. The highest BCUT2D eigenvalue weighted by atomic mass is 35.5. The molecule has 0 saturated carbocycles. The fourth-order valence-electron chi connectivity index (χ4n) is 2.95. The number of nitro benzene ring substituents is 1. The first kappa shape index (κ1) is 19.8. The maximum Gasteiger partial charge on any atom is 0.276 e. The highest BCUT2D eigenvalue weighted by Crippen LogP contribution is 2.28. The van der Waals surface area contributed by atoms with Gasteiger partial charge in [0, 0.05) is 31.3 Å². The molecule has 1 aliphatic rings. The molecule has 9 nitrogen and oxygen atoms in total. The van der Waals surface area contributed by atoms with Crippen molar-refractivity contribution in [2.75, 3.05) is 13.1 Å². The predicted molar refractivity (Wildman–Crippen MR) is 97.5 cm³/mol. The van der Waals surface area contributed by atoms with E-state index in [4.69, 9.17) is 5.73 Å². The Morgan fingerprint density at radius 2 is 2.15 bits per heavy atom. The summed E-state index contributed by atoms with van der Waals surface area (Å²) >= 11 is 0. The Hall–Kier alpha value is -2.52. The van der Waals surface area contributed by atoms with E-state index in [1.54, 1.807) is 17.0 Å². The lowest BCUT2D eigenvalue weighted by Crippen LogP contribution is -2.54. The lowest BCUT2D eigenvalue weighted by Gasteiger charge is -2.42. The number of non-ortho nitro benzene ring substituents is 1. The number of carbonyl (C=O) groups is 1. The second kappa shape index (κ2) is 7.38. The standard InChI is InChI=1S/C16H20N6O3.ClH/c1-16(2)10-20(7-6-14(16)17)15(23)13-9-21(19-18-13)11-4-3-5-12(8-11)22(24)25;/h3-5,8-9,14H,6-7,10,17H2,1-2H3;1H. The number of hydrogen-bond acceptors (Lipinski definition) is 6. The second-order valence-corrected chi connectivity index (χ2v) is 6.94. The third-order valence-electron chi connectivity index (χ3n) is 4.62. The van der Waals surface area contributed by atoms with Gasteiger partial charge in [-0.25, -0.2) is 4.68 Å². The van der Waals surface area contributed by atoms with Crippen LogP contribution in [0.15, 0.2) is 30.5 Å². The summed E-state index contributed by atoms with van der Waals surface area (Å²) in [7, 11) is 0. The summed E-state index contributed by atoms with van der Waals surface area (Å²) in [5.74, 6) is -0.211. The van der Waals surface area contributed by atoms with E-state index in [0.717, 1.165) is 6.42 Å². The molecule has 1 atom stereocenters. The number of nitrogens with zero attached hydrogens (tertiary/aromatic N) is 5. The van der Waals surface area contributed by atoms with Crippen LogP contribution in [0.2, 0.25) is 0 Å². The second-order valence-electron chi connectivity index (χ2n) is 6.94. The van der Waals surface area contributed by atoms with Gasteiger partial charge in [0.25, 0.3) is 11.6 Å². The maximum atomic E-state index is 12.7. The summed E-state index contributed by atoms with van der Waals surface area (Å²) in [6, 6.07) is 6.05.